The molecule has 1 aliphatic rings. The van der Waals surface area contributed by atoms with Crippen LogP contribution in [0.15, 0.2) is 24.3 Å². The van der Waals surface area contributed by atoms with Crippen LogP contribution in [0.25, 0.3) is 0 Å². The van der Waals surface area contributed by atoms with Gasteiger partial charge in [-0.3, -0.25) is 0 Å². The molecule has 1 aromatic carbocycles. The molecule has 0 spiro atoms. The number of nitrogens with two attached hydrogens (primary N) is 1. The highest BCUT2D eigenvalue weighted by molar-refractivity contribution is 5.90. The fourth-order valence-electron chi connectivity index (χ4n) is 2.09. The van der Waals surface area contributed by atoms with Gasteiger partial charge in [0, 0.05) is 18.8 Å². The number of benzene rings is 1. The van der Waals surface area contributed by atoms with Gasteiger partial charge in [-0.15, -0.1) is 0 Å². The van der Waals surface area contributed by atoms with Crippen molar-refractivity contribution in [2.45, 2.75) is 12.0 Å². The summed E-state index contributed by atoms with van der Waals surface area (Å²) < 4.78 is 4.68. The SMILES string of the molecule is COC(=O)c1cccc(N2CCC(N)(C#N)C2)c1. The van der Waals surface area contributed by atoms with Gasteiger partial charge in [0.05, 0.1) is 18.7 Å². The quantitative estimate of drug-likeness (QED) is 0.783. The van der Waals surface area contributed by atoms with E-state index < -0.39 is 5.54 Å². The number of hydrogen-bond donors (Lipinski definition) is 1. The van der Waals surface area contributed by atoms with Crippen LogP contribution in [-0.4, -0.2) is 31.7 Å². The Kier molecular flexibility index (Phi) is 3.21. The van der Waals surface area contributed by atoms with Crippen LogP contribution in [0, 0.1) is 11.3 Å². The Morgan fingerprint density at radius 1 is 1.61 bits per heavy atom. The molecule has 1 aromatic rings. The molecule has 5 nitrogen and oxygen atoms in total. The van der Waals surface area contributed by atoms with Crippen molar-refractivity contribution in [2.24, 2.45) is 5.73 Å². The summed E-state index contributed by atoms with van der Waals surface area (Å²) in [6.07, 6.45) is 0.631. The normalized spacial score (nSPS) is 22.6. The zero-order chi connectivity index (χ0) is 13.2. The number of carbonyl (C=O) groups is 1. The number of anilines is 1. The highest BCUT2D eigenvalue weighted by Crippen LogP contribution is 2.25. The molecule has 1 aliphatic heterocycles. The van der Waals surface area contributed by atoms with E-state index in [9.17, 15) is 4.79 Å². The summed E-state index contributed by atoms with van der Waals surface area (Å²) in [5, 5.41) is 9.00. The molecule has 0 aromatic heterocycles. The number of ether oxygens (including phenoxy) is 1. The van der Waals surface area contributed by atoms with Crippen LogP contribution < -0.4 is 10.6 Å². The van der Waals surface area contributed by atoms with Crippen LogP contribution in [0.5, 0.6) is 0 Å². The number of nitrogens with zero attached hydrogens (tertiary/aromatic N) is 2. The molecule has 2 N–H and O–H groups in total. The summed E-state index contributed by atoms with van der Waals surface area (Å²) in [6.45, 7) is 1.20. The Morgan fingerprint density at radius 3 is 3.00 bits per heavy atom. The minimum absolute atomic E-state index is 0.365. The molecular formula is C13H15N3O2. The van der Waals surface area contributed by atoms with Crippen LogP contribution in [0.2, 0.25) is 0 Å². The Hall–Kier alpha value is -2.06. The number of carbonyl (C=O) groups excluding carboxylic acids is 1. The predicted molar refractivity (Wildman–Crippen MR) is 67.1 cm³/mol. The minimum atomic E-state index is -0.790. The molecule has 0 amide bonds. The molecule has 1 saturated heterocycles. The van der Waals surface area contributed by atoms with E-state index in [1.807, 2.05) is 11.0 Å². The number of rotatable bonds is 2. The minimum Gasteiger partial charge on any atom is -0.465 e. The van der Waals surface area contributed by atoms with E-state index in [0.29, 0.717) is 25.1 Å². The standard InChI is InChI=1S/C13H15N3O2/c1-18-12(17)10-3-2-4-11(7-10)16-6-5-13(15,8-14)9-16/h2-4,7H,5-6,9,15H2,1H3. The molecule has 94 valence electrons. The molecule has 2 rings (SSSR count). The fourth-order valence-corrected chi connectivity index (χ4v) is 2.09. The van der Waals surface area contributed by atoms with E-state index in [1.54, 1.807) is 18.2 Å². The van der Waals surface area contributed by atoms with Crippen molar-refractivity contribution in [1.82, 2.24) is 0 Å². The maximum atomic E-state index is 11.4. The molecular weight excluding hydrogens is 230 g/mol. The monoisotopic (exact) mass is 245 g/mol. The molecule has 1 heterocycles. The summed E-state index contributed by atoms with van der Waals surface area (Å²) in [6, 6.07) is 9.29. The topological polar surface area (TPSA) is 79.3 Å². The number of methoxy groups -OCH3 is 1. The number of esters is 1. The smallest absolute Gasteiger partial charge is 0.337 e. The second kappa shape index (κ2) is 4.67. The van der Waals surface area contributed by atoms with E-state index in [0.717, 1.165) is 5.69 Å². The zero-order valence-corrected chi connectivity index (χ0v) is 10.2. The number of nitriles is 1. The van der Waals surface area contributed by atoms with Gasteiger partial charge >= 0.3 is 5.97 Å². The van der Waals surface area contributed by atoms with Crippen LogP contribution in [0.1, 0.15) is 16.8 Å². The first kappa shape index (κ1) is 12.4. The van der Waals surface area contributed by atoms with Crippen LogP contribution in [0.3, 0.4) is 0 Å². The maximum absolute atomic E-state index is 11.4. The molecule has 18 heavy (non-hydrogen) atoms. The summed E-state index contributed by atoms with van der Waals surface area (Å²) in [7, 11) is 1.35. The van der Waals surface area contributed by atoms with E-state index in [4.69, 9.17) is 11.0 Å². The lowest BCUT2D eigenvalue weighted by Crippen LogP contribution is -2.41. The third-order valence-electron chi connectivity index (χ3n) is 3.16. The first-order chi connectivity index (χ1) is 8.58. The Labute approximate surface area is 106 Å². The molecule has 1 unspecified atom stereocenters. The molecule has 5 heteroatoms. The van der Waals surface area contributed by atoms with Gasteiger partial charge in [-0.2, -0.15) is 5.26 Å². The highest BCUT2D eigenvalue weighted by Gasteiger charge is 2.34. The first-order valence-corrected chi connectivity index (χ1v) is 5.71. The van der Waals surface area contributed by atoms with Gasteiger partial charge in [-0.05, 0) is 24.6 Å². The van der Waals surface area contributed by atoms with Crippen LogP contribution in [0.4, 0.5) is 5.69 Å². The summed E-state index contributed by atoms with van der Waals surface area (Å²) in [5.74, 6) is -0.365. The van der Waals surface area contributed by atoms with Crippen molar-refractivity contribution in [2.75, 3.05) is 25.1 Å². The van der Waals surface area contributed by atoms with Crippen molar-refractivity contribution in [3.8, 4) is 6.07 Å². The van der Waals surface area contributed by atoms with Crippen molar-refractivity contribution in [3.05, 3.63) is 29.8 Å². The molecule has 1 fully saturated rings. The summed E-state index contributed by atoms with van der Waals surface area (Å²) >= 11 is 0. The lowest BCUT2D eigenvalue weighted by Gasteiger charge is -2.20. The summed E-state index contributed by atoms with van der Waals surface area (Å²) in [5.41, 5.74) is 6.52. The Morgan fingerprint density at radius 2 is 2.39 bits per heavy atom. The average molecular weight is 245 g/mol. The third kappa shape index (κ3) is 2.29. The average Bonchev–Trinajstić information content (AvgIpc) is 2.81. The third-order valence-corrected chi connectivity index (χ3v) is 3.16. The lowest BCUT2D eigenvalue weighted by atomic mass is 10.0. The second-order valence-corrected chi connectivity index (χ2v) is 4.48. The fraction of sp³-hybridized carbons (Fsp3) is 0.385. The van der Waals surface area contributed by atoms with Gasteiger partial charge in [0.15, 0.2) is 0 Å². The van der Waals surface area contributed by atoms with Gasteiger partial charge in [-0.1, -0.05) is 6.07 Å². The predicted octanol–water partition coefficient (Wildman–Crippen LogP) is 0.904. The van der Waals surface area contributed by atoms with Crippen molar-refractivity contribution >= 4 is 11.7 Å². The molecule has 1 atom stereocenters. The Bertz CT molecular complexity index is 509. The lowest BCUT2D eigenvalue weighted by molar-refractivity contribution is 0.0601. The van der Waals surface area contributed by atoms with E-state index in [2.05, 4.69) is 10.8 Å². The van der Waals surface area contributed by atoms with Crippen molar-refractivity contribution in [1.29, 1.82) is 5.26 Å². The van der Waals surface area contributed by atoms with Gasteiger partial charge in [0.2, 0.25) is 0 Å². The van der Waals surface area contributed by atoms with E-state index >= 15 is 0 Å². The summed E-state index contributed by atoms with van der Waals surface area (Å²) in [4.78, 5) is 13.5. The highest BCUT2D eigenvalue weighted by atomic mass is 16.5. The van der Waals surface area contributed by atoms with Crippen molar-refractivity contribution in [3.63, 3.8) is 0 Å². The van der Waals surface area contributed by atoms with E-state index in [1.165, 1.54) is 7.11 Å². The zero-order valence-electron chi connectivity index (χ0n) is 10.2. The second-order valence-electron chi connectivity index (χ2n) is 4.48. The van der Waals surface area contributed by atoms with Gasteiger partial charge in [0.1, 0.15) is 5.54 Å². The molecule has 0 saturated carbocycles. The van der Waals surface area contributed by atoms with Crippen molar-refractivity contribution < 1.29 is 9.53 Å². The van der Waals surface area contributed by atoms with Crippen LogP contribution >= 0.6 is 0 Å². The number of hydrogen-bond acceptors (Lipinski definition) is 5. The van der Waals surface area contributed by atoms with Gasteiger partial charge in [-0.25, -0.2) is 4.79 Å². The molecule has 0 bridgehead atoms. The van der Waals surface area contributed by atoms with Gasteiger partial charge in [0.25, 0.3) is 0 Å². The Balaban J connectivity index is 2.21. The van der Waals surface area contributed by atoms with Gasteiger partial charge < -0.3 is 15.4 Å². The molecule has 0 aliphatic carbocycles. The van der Waals surface area contributed by atoms with E-state index in [-0.39, 0.29) is 5.97 Å². The first-order valence-electron chi connectivity index (χ1n) is 5.71. The molecule has 0 radical (unpaired) electrons. The van der Waals surface area contributed by atoms with Crippen LogP contribution in [-0.2, 0) is 4.74 Å². The maximum Gasteiger partial charge on any atom is 0.337 e. The largest absolute Gasteiger partial charge is 0.465 e.